The summed E-state index contributed by atoms with van der Waals surface area (Å²) in [7, 11) is -3.24. The van der Waals surface area contributed by atoms with Gasteiger partial charge in [-0.3, -0.25) is 4.79 Å². The highest BCUT2D eigenvalue weighted by molar-refractivity contribution is 7.89. The normalized spacial score (nSPS) is 20.3. The van der Waals surface area contributed by atoms with Gasteiger partial charge in [0.05, 0.1) is 5.75 Å². The minimum absolute atomic E-state index is 0.0313. The number of nitrogens with zero attached hydrogens (tertiary/aromatic N) is 1. The molecule has 1 amide bonds. The molecule has 3 rings (SSSR count). The first-order valence-corrected chi connectivity index (χ1v) is 9.97. The predicted octanol–water partition coefficient (Wildman–Crippen LogP) is 1.55. The molecule has 2 fully saturated rings. The molecule has 1 aliphatic heterocycles. The number of carbonyl (C=O) groups excluding carboxylic acids is 1. The van der Waals surface area contributed by atoms with Crippen molar-refractivity contribution in [2.24, 2.45) is 5.92 Å². The molecule has 0 aromatic heterocycles. The maximum atomic E-state index is 12.4. The summed E-state index contributed by atoms with van der Waals surface area (Å²) in [5.41, 5.74) is 1.04. The number of carbonyl (C=O) groups is 1. The summed E-state index contributed by atoms with van der Waals surface area (Å²) in [6.45, 7) is 0.916. The lowest BCUT2D eigenvalue weighted by atomic mass is 9.97. The second-order valence-corrected chi connectivity index (χ2v) is 8.60. The van der Waals surface area contributed by atoms with Gasteiger partial charge in [0.2, 0.25) is 15.9 Å². The van der Waals surface area contributed by atoms with Crippen molar-refractivity contribution in [2.45, 2.75) is 38.1 Å². The van der Waals surface area contributed by atoms with Crippen molar-refractivity contribution < 1.29 is 13.2 Å². The van der Waals surface area contributed by atoms with Gasteiger partial charge in [-0.1, -0.05) is 30.3 Å². The van der Waals surface area contributed by atoms with Crippen LogP contribution in [0.5, 0.6) is 0 Å². The molecule has 1 saturated heterocycles. The molecule has 1 aliphatic carbocycles. The second kappa shape index (κ2) is 7.01. The van der Waals surface area contributed by atoms with E-state index in [-0.39, 0.29) is 17.6 Å². The number of benzene rings is 1. The molecular weight excluding hydrogens is 312 g/mol. The van der Waals surface area contributed by atoms with Crippen molar-refractivity contribution in [1.29, 1.82) is 0 Å². The van der Waals surface area contributed by atoms with E-state index in [0.717, 1.165) is 18.4 Å². The van der Waals surface area contributed by atoms with Crippen LogP contribution in [0.1, 0.15) is 31.2 Å². The largest absolute Gasteiger partial charge is 0.353 e. The first-order chi connectivity index (χ1) is 11.0. The molecule has 0 unspecified atom stereocenters. The molecule has 1 aromatic rings. The van der Waals surface area contributed by atoms with E-state index in [2.05, 4.69) is 5.32 Å². The fraction of sp³-hybridized carbons (Fsp3) is 0.588. The zero-order valence-electron chi connectivity index (χ0n) is 13.3. The highest BCUT2D eigenvalue weighted by atomic mass is 32.2. The van der Waals surface area contributed by atoms with Crippen molar-refractivity contribution in [3.63, 3.8) is 0 Å². The Bertz CT molecular complexity index is 633. The quantitative estimate of drug-likeness (QED) is 0.857. The van der Waals surface area contributed by atoms with Crippen LogP contribution in [-0.4, -0.2) is 43.5 Å². The van der Waals surface area contributed by atoms with E-state index in [1.54, 1.807) is 4.31 Å². The van der Waals surface area contributed by atoms with E-state index in [0.29, 0.717) is 38.4 Å². The van der Waals surface area contributed by atoms with Crippen molar-refractivity contribution in [2.75, 3.05) is 18.8 Å². The molecule has 1 saturated carbocycles. The third-order valence-corrected chi connectivity index (χ3v) is 6.51. The standard InChI is InChI=1S/C17H24N2O3S/c20-17(18-16-6-7-16)15-8-11-19(12-9-15)23(21,22)13-10-14-4-2-1-3-5-14/h1-5,15-16H,6-13H2,(H,18,20). The molecule has 1 N–H and O–H groups in total. The molecule has 0 bridgehead atoms. The van der Waals surface area contributed by atoms with E-state index in [9.17, 15) is 13.2 Å². The molecule has 0 atom stereocenters. The summed E-state index contributed by atoms with van der Waals surface area (Å²) in [6.07, 6.45) is 3.95. The number of sulfonamides is 1. The maximum absolute atomic E-state index is 12.4. The van der Waals surface area contributed by atoms with Crippen molar-refractivity contribution in [3.05, 3.63) is 35.9 Å². The van der Waals surface area contributed by atoms with Crippen LogP contribution >= 0.6 is 0 Å². The predicted molar refractivity (Wildman–Crippen MR) is 89.4 cm³/mol. The van der Waals surface area contributed by atoms with Crippen LogP contribution in [0.2, 0.25) is 0 Å². The summed E-state index contributed by atoms with van der Waals surface area (Å²) >= 11 is 0. The molecule has 6 heteroatoms. The Morgan fingerprint density at radius 1 is 1.09 bits per heavy atom. The number of hydrogen-bond acceptors (Lipinski definition) is 3. The zero-order valence-corrected chi connectivity index (χ0v) is 14.1. The monoisotopic (exact) mass is 336 g/mol. The minimum Gasteiger partial charge on any atom is -0.353 e. The van der Waals surface area contributed by atoms with E-state index in [4.69, 9.17) is 0 Å². The van der Waals surface area contributed by atoms with Crippen LogP contribution in [0.3, 0.4) is 0 Å². The maximum Gasteiger partial charge on any atom is 0.223 e. The summed E-state index contributed by atoms with van der Waals surface area (Å²) < 4.78 is 26.4. The fourth-order valence-corrected chi connectivity index (χ4v) is 4.48. The molecule has 5 nitrogen and oxygen atoms in total. The summed E-state index contributed by atoms with van der Waals surface area (Å²) in [5.74, 6) is 0.209. The number of rotatable bonds is 6. The molecule has 0 spiro atoms. The van der Waals surface area contributed by atoms with Crippen LogP contribution in [0, 0.1) is 5.92 Å². The van der Waals surface area contributed by atoms with Crippen LogP contribution < -0.4 is 5.32 Å². The lowest BCUT2D eigenvalue weighted by Crippen LogP contribution is -2.44. The Kier molecular flexibility index (Phi) is 5.02. The van der Waals surface area contributed by atoms with Crippen LogP contribution in [0.4, 0.5) is 0 Å². The van der Waals surface area contributed by atoms with E-state index in [1.807, 2.05) is 30.3 Å². The topological polar surface area (TPSA) is 66.5 Å². The Hall–Kier alpha value is -1.40. The van der Waals surface area contributed by atoms with Gasteiger partial charge in [0.25, 0.3) is 0 Å². The van der Waals surface area contributed by atoms with Crippen molar-refractivity contribution in [1.82, 2.24) is 9.62 Å². The van der Waals surface area contributed by atoms with Crippen LogP contribution in [0.25, 0.3) is 0 Å². The highest BCUT2D eigenvalue weighted by Gasteiger charge is 2.33. The van der Waals surface area contributed by atoms with Gasteiger partial charge in [0.15, 0.2) is 0 Å². The third kappa shape index (κ3) is 4.54. The Balaban J connectivity index is 1.48. The zero-order chi connectivity index (χ0) is 16.3. The molecule has 0 radical (unpaired) electrons. The summed E-state index contributed by atoms with van der Waals surface area (Å²) in [6, 6.07) is 10.0. The highest BCUT2D eigenvalue weighted by Crippen LogP contribution is 2.24. The number of piperidine rings is 1. The summed E-state index contributed by atoms with van der Waals surface area (Å²) in [4.78, 5) is 12.0. The first-order valence-electron chi connectivity index (χ1n) is 8.37. The minimum atomic E-state index is -3.24. The average Bonchev–Trinajstić information content (AvgIpc) is 3.38. The second-order valence-electron chi connectivity index (χ2n) is 6.51. The Labute approximate surface area is 138 Å². The van der Waals surface area contributed by atoms with Gasteiger partial charge in [-0.15, -0.1) is 0 Å². The molecule has 126 valence electrons. The SMILES string of the molecule is O=C(NC1CC1)C1CCN(S(=O)(=O)CCc2ccccc2)CC1. The number of hydrogen-bond donors (Lipinski definition) is 1. The van der Waals surface area contributed by atoms with Gasteiger partial charge in [-0.05, 0) is 37.7 Å². The van der Waals surface area contributed by atoms with Gasteiger partial charge in [0.1, 0.15) is 0 Å². The molecular formula is C17H24N2O3S. The molecule has 2 aliphatic rings. The Morgan fingerprint density at radius 3 is 2.35 bits per heavy atom. The number of aryl methyl sites for hydroxylation is 1. The average molecular weight is 336 g/mol. The first kappa shape index (κ1) is 16.5. The lowest BCUT2D eigenvalue weighted by molar-refractivity contribution is -0.126. The van der Waals surface area contributed by atoms with Gasteiger partial charge in [-0.25, -0.2) is 12.7 Å². The number of amides is 1. The smallest absolute Gasteiger partial charge is 0.223 e. The van der Waals surface area contributed by atoms with E-state index in [1.165, 1.54) is 0 Å². The van der Waals surface area contributed by atoms with E-state index < -0.39 is 10.0 Å². The van der Waals surface area contributed by atoms with E-state index >= 15 is 0 Å². The van der Waals surface area contributed by atoms with Gasteiger partial charge in [0, 0.05) is 25.0 Å². The third-order valence-electron chi connectivity index (χ3n) is 4.63. The molecule has 1 aromatic carbocycles. The van der Waals surface area contributed by atoms with Crippen molar-refractivity contribution in [3.8, 4) is 0 Å². The lowest BCUT2D eigenvalue weighted by Gasteiger charge is -2.30. The summed E-state index contributed by atoms with van der Waals surface area (Å²) in [5, 5.41) is 3.02. The Morgan fingerprint density at radius 2 is 1.74 bits per heavy atom. The van der Waals surface area contributed by atoms with Crippen molar-refractivity contribution >= 4 is 15.9 Å². The fourth-order valence-electron chi connectivity index (χ4n) is 2.96. The van der Waals surface area contributed by atoms with Gasteiger partial charge < -0.3 is 5.32 Å². The van der Waals surface area contributed by atoms with Crippen LogP contribution in [0.15, 0.2) is 30.3 Å². The number of nitrogens with one attached hydrogen (secondary N) is 1. The molecule has 1 heterocycles. The van der Waals surface area contributed by atoms with Gasteiger partial charge >= 0.3 is 0 Å². The van der Waals surface area contributed by atoms with Gasteiger partial charge in [-0.2, -0.15) is 0 Å². The molecule has 23 heavy (non-hydrogen) atoms. The van der Waals surface area contributed by atoms with Crippen LogP contribution in [-0.2, 0) is 21.2 Å².